The van der Waals surface area contributed by atoms with Gasteiger partial charge in [-0.25, -0.2) is 4.79 Å². The van der Waals surface area contributed by atoms with E-state index in [-0.39, 0.29) is 11.6 Å². The molecular formula is C12H25N3O. The molecule has 1 aliphatic heterocycles. The first kappa shape index (κ1) is 13.3. The van der Waals surface area contributed by atoms with E-state index in [0.717, 1.165) is 25.9 Å². The van der Waals surface area contributed by atoms with E-state index in [9.17, 15) is 4.79 Å². The summed E-state index contributed by atoms with van der Waals surface area (Å²) in [7, 11) is 0. The van der Waals surface area contributed by atoms with Crippen LogP contribution in [0.15, 0.2) is 0 Å². The van der Waals surface area contributed by atoms with Crippen molar-refractivity contribution in [1.82, 2.24) is 10.2 Å². The minimum Gasteiger partial charge on any atom is -0.332 e. The molecule has 1 fully saturated rings. The highest BCUT2D eigenvalue weighted by Gasteiger charge is 2.27. The Morgan fingerprint density at radius 1 is 1.62 bits per heavy atom. The zero-order chi connectivity index (χ0) is 12.2. The van der Waals surface area contributed by atoms with Crippen LogP contribution >= 0.6 is 0 Å². The molecular weight excluding hydrogens is 202 g/mol. The highest BCUT2D eigenvalue weighted by Crippen LogP contribution is 2.16. The zero-order valence-corrected chi connectivity index (χ0v) is 10.8. The van der Waals surface area contributed by atoms with E-state index in [2.05, 4.69) is 12.2 Å². The van der Waals surface area contributed by atoms with E-state index in [1.807, 2.05) is 18.7 Å². The van der Waals surface area contributed by atoms with Crippen molar-refractivity contribution in [2.24, 2.45) is 11.7 Å². The Balaban J connectivity index is 2.51. The van der Waals surface area contributed by atoms with Crippen LogP contribution in [0.25, 0.3) is 0 Å². The second-order valence-electron chi connectivity index (χ2n) is 5.24. The normalized spacial score (nSPS) is 25.0. The lowest BCUT2D eigenvalue weighted by Crippen LogP contribution is -2.56. The van der Waals surface area contributed by atoms with Crippen molar-refractivity contribution >= 4 is 6.03 Å². The number of nitrogens with zero attached hydrogens (tertiary/aromatic N) is 1. The van der Waals surface area contributed by atoms with Crippen molar-refractivity contribution in [3.63, 3.8) is 0 Å². The fourth-order valence-electron chi connectivity index (χ4n) is 1.99. The summed E-state index contributed by atoms with van der Waals surface area (Å²) in [6.07, 6.45) is 3.20. The maximum Gasteiger partial charge on any atom is 0.317 e. The Morgan fingerprint density at radius 2 is 2.31 bits per heavy atom. The number of rotatable bonds is 3. The zero-order valence-electron chi connectivity index (χ0n) is 10.8. The van der Waals surface area contributed by atoms with Crippen molar-refractivity contribution in [1.29, 1.82) is 0 Å². The molecule has 0 aliphatic carbocycles. The molecule has 0 saturated carbocycles. The van der Waals surface area contributed by atoms with E-state index < -0.39 is 0 Å². The number of urea groups is 1. The van der Waals surface area contributed by atoms with Gasteiger partial charge in [0.15, 0.2) is 0 Å². The van der Waals surface area contributed by atoms with Gasteiger partial charge in [0.1, 0.15) is 0 Å². The number of amides is 2. The Labute approximate surface area is 98.6 Å². The van der Waals surface area contributed by atoms with Gasteiger partial charge in [0.05, 0.1) is 5.54 Å². The quantitative estimate of drug-likeness (QED) is 0.768. The standard InChI is InChI=1S/C12H25N3O/c1-4-12(3,9-13)14-11(16)15-7-5-6-10(2)8-15/h10H,4-9,13H2,1-3H3,(H,14,16). The van der Waals surface area contributed by atoms with Crippen LogP contribution in [0.5, 0.6) is 0 Å². The molecule has 4 heteroatoms. The third-order valence-corrected chi connectivity index (χ3v) is 3.58. The molecule has 0 aromatic heterocycles. The largest absolute Gasteiger partial charge is 0.332 e. The van der Waals surface area contributed by atoms with Gasteiger partial charge in [-0.05, 0) is 32.1 Å². The van der Waals surface area contributed by atoms with Gasteiger partial charge in [-0.1, -0.05) is 13.8 Å². The average Bonchev–Trinajstić information content (AvgIpc) is 2.29. The van der Waals surface area contributed by atoms with Crippen LogP contribution < -0.4 is 11.1 Å². The molecule has 2 unspecified atom stereocenters. The molecule has 94 valence electrons. The molecule has 3 N–H and O–H groups in total. The highest BCUT2D eigenvalue weighted by atomic mass is 16.2. The first-order valence-corrected chi connectivity index (χ1v) is 6.28. The van der Waals surface area contributed by atoms with Crippen LogP contribution in [0.2, 0.25) is 0 Å². The minimum absolute atomic E-state index is 0.0429. The van der Waals surface area contributed by atoms with Crippen molar-refractivity contribution in [3.8, 4) is 0 Å². The Kier molecular flexibility index (Phi) is 4.59. The minimum atomic E-state index is -0.266. The van der Waals surface area contributed by atoms with Crippen LogP contribution in [0.1, 0.15) is 40.0 Å². The van der Waals surface area contributed by atoms with Crippen LogP contribution in [-0.4, -0.2) is 36.1 Å². The van der Waals surface area contributed by atoms with Gasteiger partial charge < -0.3 is 16.0 Å². The summed E-state index contributed by atoms with van der Waals surface area (Å²) >= 11 is 0. The fraction of sp³-hybridized carbons (Fsp3) is 0.917. The van der Waals surface area contributed by atoms with E-state index in [1.54, 1.807) is 0 Å². The van der Waals surface area contributed by atoms with Crippen LogP contribution in [0.3, 0.4) is 0 Å². The first-order valence-electron chi connectivity index (χ1n) is 6.28. The lowest BCUT2D eigenvalue weighted by molar-refractivity contribution is 0.159. The molecule has 1 aliphatic rings. The maximum absolute atomic E-state index is 12.0. The number of piperidine rings is 1. The topological polar surface area (TPSA) is 58.4 Å². The van der Waals surface area contributed by atoms with Gasteiger partial charge in [0, 0.05) is 19.6 Å². The molecule has 2 atom stereocenters. The highest BCUT2D eigenvalue weighted by molar-refractivity contribution is 5.75. The molecule has 1 heterocycles. The molecule has 2 amide bonds. The Morgan fingerprint density at radius 3 is 2.81 bits per heavy atom. The molecule has 0 aromatic rings. The number of carbonyl (C=O) groups excluding carboxylic acids is 1. The van der Waals surface area contributed by atoms with Crippen LogP contribution in [-0.2, 0) is 0 Å². The average molecular weight is 227 g/mol. The monoisotopic (exact) mass is 227 g/mol. The van der Waals surface area contributed by atoms with Crippen molar-refractivity contribution in [2.75, 3.05) is 19.6 Å². The second kappa shape index (κ2) is 5.53. The number of likely N-dealkylation sites (tertiary alicyclic amines) is 1. The Bertz CT molecular complexity index is 238. The maximum atomic E-state index is 12.0. The second-order valence-corrected chi connectivity index (χ2v) is 5.24. The van der Waals surface area contributed by atoms with E-state index in [4.69, 9.17) is 5.73 Å². The first-order chi connectivity index (χ1) is 7.50. The van der Waals surface area contributed by atoms with E-state index in [0.29, 0.717) is 12.5 Å². The fourth-order valence-corrected chi connectivity index (χ4v) is 1.99. The molecule has 16 heavy (non-hydrogen) atoms. The summed E-state index contributed by atoms with van der Waals surface area (Å²) in [4.78, 5) is 14.0. The van der Waals surface area contributed by atoms with Gasteiger partial charge in [-0.3, -0.25) is 0 Å². The van der Waals surface area contributed by atoms with Gasteiger partial charge in [0.2, 0.25) is 0 Å². The van der Waals surface area contributed by atoms with Crippen molar-refractivity contribution in [2.45, 2.75) is 45.6 Å². The van der Waals surface area contributed by atoms with Crippen LogP contribution in [0, 0.1) is 5.92 Å². The van der Waals surface area contributed by atoms with E-state index >= 15 is 0 Å². The molecule has 0 bridgehead atoms. The molecule has 0 spiro atoms. The summed E-state index contributed by atoms with van der Waals surface area (Å²) in [5.41, 5.74) is 5.42. The molecule has 1 rings (SSSR count). The van der Waals surface area contributed by atoms with Gasteiger partial charge >= 0.3 is 6.03 Å². The number of nitrogens with two attached hydrogens (primary N) is 1. The van der Waals surface area contributed by atoms with Gasteiger partial charge in [-0.15, -0.1) is 0 Å². The van der Waals surface area contributed by atoms with Crippen molar-refractivity contribution in [3.05, 3.63) is 0 Å². The number of hydrogen-bond acceptors (Lipinski definition) is 2. The lowest BCUT2D eigenvalue weighted by atomic mass is 9.98. The molecule has 0 aromatic carbocycles. The van der Waals surface area contributed by atoms with Gasteiger partial charge in [-0.2, -0.15) is 0 Å². The molecule has 1 saturated heterocycles. The number of hydrogen-bond donors (Lipinski definition) is 2. The molecule has 4 nitrogen and oxygen atoms in total. The lowest BCUT2D eigenvalue weighted by Gasteiger charge is -2.35. The third-order valence-electron chi connectivity index (χ3n) is 3.58. The predicted octanol–water partition coefficient (Wildman–Crippen LogP) is 1.56. The van der Waals surface area contributed by atoms with Crippen molar-refractivity contribution < 1.29 is 4.79 Å². The van der Waals surface area contributed by atoms with Gasteiger partial charge in [0.25, 0.3) is 0 Å². The number of nitrogens with one attached hydrogen (secondary N) is 1. The number of carbonyl (C=O) groups is 1. The molecule has 0 radical (unpaired) electrons. The summed E-state index contributed by atoms with van der Waals surface area (Å²) in [6, 6.07) is 0.0429. The van der Waals surface area contributed by atoms with Crippen LogP contribution in [0.4, 0.5) is 4.79 Å². The summed E-state index contributed by atoms with van der Waals surface area (Å²) in [5.74, 6) is 0.616. The third kappa shape index (κ3) is 3.37. The summed E-state index contributed by atoms with van der Waals surface area (Å²) in [6.45, 7) is 8.47. The van der Waals surface area contributed by atoms with E-state index in [1.165, 1.54) is 6.42 Å². The smallest absolute Gasteiger partial charge is 0.317 e. The predicted molar refractivity (Wildman–Crippen MR) is 66.3 cm³/mol. The summed E-state index contributed by atoms with van der Waals surface area (Å²) in [5, 5.41) is 3.04. The summed E-state index contributed by atoms with van der Waals surface area (Å²) < 4.78 is 0. The SMILES string of the molecule is CCC(C)(CN)NC(=O)N1CCCC(C)C1. The Hall–Kier alpha value is -0.770.